The van der Waals surface area contributed by atoms with Crippen LogP contribution in [-0.4, -0.2) is 74.1 Å². The number of ether oxygens (including phenoxy) is 6. The number of fused-ring (bicyclic) bond motifs is 5. The Balaban J connectivity index is 1.61. The molecule has 4 rings (SSSR count). The van der Waals surface area contributed by atoms with Crippen molar-refractivity contribution in [2.45, 2.75) is 64.1 Å². The van der Waals surface area contributed by atoms with Gasteiger partial charge in [-0.25, -0.2) is 14.4 Å². The summed E-state index contributed by atoms with van der Waals surface area (Å²) < 4.78 is 34.0. The van der Waals surface area contributed by atoms with Crippen molar-refractivity contribution in [3.8, 4) is 0 Å². The number of benzene rings is 1. The minimum atomic E-state index is -0.814. The maximum atomic E-state index is 12.6. The zero-order valence-electron chi connectivity index (χ0n) is 19.6. The molecule has 3 fully saturated rings. The van der Waals surface area contributed by atoms with E-state index < -0.39 is 48.2 Å². The van der Waals surface area contributed by atoms with E-state index in [2.05, 4.69) is 0 Å². The average molecular weight is 477 g/mol. The lowest BCUT2D eigenvalue weighted by Crippen LogP contribution is -3.17. The van der Waals surface area contributed by atoms with E-state index in [0.29, 0.717) is 10.5 Å². The van der Waals surface area contributed by atoms with Gasteiger partial charge in [-0.1, -0.05) is 18.2 Å². The van der Waals surface area contributed by atoms with Gasteiger partial charge in [0.2, 0.25) is 6.23 Å². The van der Waals surface area contributed by atoms with E-state index >= 15 is 0 Å². The molecular formula is C24H30NO9+. The average Bonchev–Trinajstić information content (AvgIpc) is 3.43. The second-order valence-electron chi connectivity index (χ2n) is 8.66. The Bertz CT molecular complexity index is 940. The Morgan fingerprint density at radius 1 is 0.941 bits per heavy atom. The molecule has 0 radical (unpaired) electrons. The van der Waals surface area contributed by atoms with Crippen molar-refractivity contribution in [3.63, 3.8) is 0 Å². The Kier molecular flexibility index (Phi) is 7.04. The molecular weight excluding hydrogens is 446 g/mol. The maximum Gasteiger partial charge on any atom is 0.351 e. The molecule has 0 spiro atoms. The Morgan fingerprint density at radius 3 is 2.18 bits per heavy atom. The molecule has 1 N–H and O–H groups in total. The zero-order valence-corrected chi connectivity index (χ0v) is 19.6. The van der Waals surface area contributed by atoms with Crippen LogP contribution in [0.2, 0.25) is 0 Å². The van der Waals surface area contributed by atoms with Crippen LogP contribution in [0, 0.1) is 0 Å². The molecule has 1 unspecified atom stereocenters. The summed E-state index contributed by atoms with van der Waals surface area (Å²) in [6.07, 6.45) is -0.399. The van der Waals surface area contributed by atoms with Crippen LogP contribution in [0.25, 0.3) is 0 Å². The maximum absolute atomic E-state index is 12.6. The number of piperidine rings is 1. The van der Waals surface area contributed by atoms with E-state index in [1.807, 2.05) is 19.9 Å². The van der Waals surface area contributed by atoms with E-state index in [0.717, 1.165) is 0 Å². The summed E-state index contributed by atoms with van der Waals surface area (Å²) in [6.45, 7) is 7.10. The normalized spacial score (nSPS) is 30.4. The predicted molar refractivity (Wildman–Crippen MR) is 115 cm³/mol. The standard InChI is InChI=1S/C24H29NO9/c1-5-29-22(27)15(23(28)30-6-2)12-25-16(13-31-21(26)14-10-8-7-9-11-14)17-18-19(20(25)32-17)34-24(3,4)33-18/h7-12,16-20H,5-6,13H2,1-4H3/p+1/t16-,17+,18-,19-,20+/m0/s1. The largest absolute Gasteiger partial charge is 0.462 e. The summed E-state index contributed by atoms with van der Waals surface area (Å²) in [5.41, 5.74) is 0.172. The number of carbonyl (C=O) groups excluding carboxylic acids is 3. The molecule has 0 amide bonds. The molecule has 184 valence electrons. The molecule has 3 saturated heterocycles. The Hall–Kier alpha value is -2.79. The van der Waals surface area contributed by atoms with Gasteiger partial charge in [0, 0.05) is 0 Å². The van der Waals surface area contributed by atoms with Gasteiger partial charge >= 0.3 is 17.9 Å². The highest BCUT2D eigenvalue weighted by molar-refractivity contribution is 6.13. The smallest absolute Gasteiger partial charge is 0.351 e. The first kappa shape index (κ1) is 24.3. The van der Waals surface area contributed by atoms with Gasteiger partial charge < -0.3 is 28.4 Å². The monoisotopic (exact) mass is 476 g/mol. The van der Waals surface area contributed by atoms with Crippen molar-refractivity contribution in [1.29, 1.82) is 0 Å². The Labute approximate surface area is 197 Å². The van der Waals surface area contributed by atoms with Crippen LogP contribution in [0.1, 0.15) is 38.1 Å². The molecule has 10 nitrogen and oxygen atoms in total. The molecule has 10 heteroatoms. The first-order chi connectivity index (χ1) is 16.3. The van der Waals surface area contributed by atoms with Crippen LogP contribution in [0.4, 0.5) is 0 Å². The van der Waals surface area contributed by atoms with Crippen molar-refractivity contribution in [2.24, 2.45) is 0 Å². The molecule has 1 aromatic rings. The van der Waals surface area contributed by atoms with Crippen molar-refractivity contribution in [3.05, 3.63) is 47.7 Å². The summed E-state index contributed by atoms with van der Waals surface area (Å²) in [6, 6.07) is 8.18. The van der Waals surface area contributed by atoms with E-state index in [1.165, 1.54) is 6.20 Å². The molecule has 0 aliphatic carbocycles. The number of likely N-dealkylation sites (tertiary alicyclic amines) is 1. The molecule has 0 aromatic heterocycles. The van der Waals surface area contributed by atoms with Crippen LogP contribution in [0.5, 0.6) is 0 Å². The molecule has 3 heterocycles. The first-order valence-corrected chi connectivity index (χ1v) is 11.4. The minimum Gasteiger partial charge on any atom is -0.462 e. The van der Waals surface area contributed by atoms with E-state index in [-0.39, 0.29) is 31.5 Å². The Morgan fingerprint density at radius 2 is 1.56 bits per heavy atom. The van der Waals surface area contributed by atoms with Gasteiger partial charge in [-0.3, -0.25) is 4.90 Å². The van der Waals surface area contributed by atoms with Gasteiger partial charge in [0.05, 0.1) is 18.8 Å². The molecule has 1 aromatic carbocycles. The van der Waals surface area contributed by atoms with Gasteiger partial charge in [0.15, 0.2) is 23.5 Å². The highest BCUT2D eigenvalue weighted by Gasteiger charge is 2.68. The molecule has 6 atom stereocenters. The molecule has 3 aliphatic rings. The summed E-state index contributed by atoms with van der Waals surface area (Å²) >= 11 is 0. The molecule has 34 heavy (non-hydrogen) atoms. The fourth-order valence-electron chi connectivity index (χ4n) is 4.61. The number of esters is 3. The van der Waals surface area contributed by atoms with Crippen LogP contribution in [0.15, 0.2) is 42.1 Å². The number of quaternary nitrogens is 1. The van der Waals surface area contributed by atoms with Gasteiger partial charge in [0.1, 0.15) is 25.0 Å². The fraction of sp³-hybridized carbons (Fsp3) is 0.542. The van der Waals surface area contributed by atoms with Crippen molar-refractivity contribution in [2.75, 3.05) is 19.8 Å². The van der Waals surface area contributed by atoms with Crippen LogP contribution < -0.4 is 4.90 Å². The van der Waals surface area contributed by atoms with Gasteiger partial charge in [-0.15, -0.1) is 0 Å². The molecule has 0 saturated carbocycles. The third-order valence-electron chi connectivity index (χ3n) is 5.95. The van der Waals surface area contributed by atoms with E-state index in [9.17, 15) is 14.4 Å². The minimum absolute atomic E-state index is 0.0212. The zero-order chi connectivity index (χ0) is 24.5. The second-order valence-corrected chi connectivity index (χ2v) is 8.66. The SMILES string of the molecule is CCOC(=O)C(=C[NH+]1[C@@H]2O[C@@H]([C@@H]3OC(C)(C)O[C@@H]32)[C@@H]1COC(=O)c1ccccc1)C(=O)OCC. The highest BCUT2D eigenvalue weighted by atomic mass is 16.8. The van der Waals surface area contributed by atoms with Gasteiger partial charge in [-0.2, -0.15) is 0 Å². The van der Waals surface area contributed by atoms with Crippen LogP contribution >= 0.6 is 0 Å². The van der Waals surface area contributed by atoms with Crippen molar-refractivity contribution < 1.29 is 47.7 Å². The lowest BCUT2D eigenvalue weighted by Gasteiger charge is -2.31. The first-order valence-electron chi connectivity index (χ1n) is 11.4. The third kappa shape index (κ3) is 4.72. The predicted octanol–water partition coefficient (Wildman–Crippen LogP) is 0.366. The third-order valence-corrected chi connectivity index (χ3v) is 5.95. The summed E-state index contributed by atoms with van der Waals surface area (Å²) in [5, 5.41) is 0. The lowest BCUT2D eigenvalue weighted by molar-refractivity contribution is -0.905. The van der Waals surface area contributed by atoms with Crippen LogP contribution in [0.3, 0.4) is 0 Å². The second kappa shape index (κ2) is 9.83. The van der Waals surface area contributed by atoms with Crippen molar-refractivity contribution >= 4 is 17.9 Å². The number of rotatable bonds is 8. The van der Waals surface area contributed by atoms with Gasteiger partial charge in [0.25, 0.3) is 0 Å². The van der Waals surface area contributed by atoms with Gasteiger partial charge in [-0.05, 0) is 39.8 Å². The number of hydrogen-bond acceptors (Lipinski definition) is 9. The number of nitrogens with one attached hydrogen (secondary N) is 1. The number of carbonyl (C=O) groups is 3. The lowest BCUT2D eigenvalue weighted by atomic mass is 9.97. The quantitative estimate of drug-likeness (QED) is 0.187. The highest BCUT2D eigenvalue weighted by Crippen LogP contribution is 2.40. The topological polar surface area (TPSA) is 111 Å². The summed E-state index contributed by atoms with van der Waals surface area (Å²) in [4.78, 5) is 38.3. The van der Waals surface area contributed by atoms with Crippen LogP contribution in [-0.2, 0) is 38.0 Å². The fourth-order valence-corrected chi connectivity index (χ4v) is 4.61. The number of hydrogen-bond donors (Lipinski definition) is 1. The summed E-state index contributed by atoms with van der Waals surface area (Å²) in [5.74, 6) is -2.89. The summed E-state index contributed by atoms with van der Waals surface area (Å²) in [7, 11) is 0. The van der Waals surface area contributed by atoms with E-state index in [4.69, 9.17) is 28.4 Å². The molecule has 2 bridgehead atoms. The van der Waals surface area contributed by atoms with E-state index in [1.54, 1.807) is 38.1 Å². The van der Waals surface area contributed by atoms with Crippen molar-refractivity contribution in [1.82, 2.24) is 0 Å². The molecule has 3 aliphatic heterocycles.